The van der Waals surface area contributed by atoms with Gasteiger partial charge in [-0.3, -0.25) is 4.90 Å². The number of hydrogen-bond donors (Lipinski definition) is 1. The molecule has 0 radical (unpaired) electrons. The van der Waals surface area contributed by atoms with Crippen LogP contribution in [-0.4, -0.2) is 49.0 Å². The van der Waals surface area contributed by atoms with E-state index in [2.05, 4.69) is 18.7 Å². The molecule has 3 heteroatoms. The Hall–Kier alpha value is -0.120. The number of likely N-dealkylation sites (tertiary alicyclic amines) is 1. The first-order valence-corrected chi connectivity index (χ1v) is 6.06. The van der Waals surface area contributed by atoms with Crippen LogP contribution in [0.5, 0.6) is 0 Å². The van der Waals surface area contributed by atoms with E-state index in [9.17, 15) is 5.11 Å². The Morgan fingerprint density at radius 3 is 2.73 bits per heavy atom. The van der Waals surface area contributed by atoms with Crippen molar-refractivity contribution in [3.8, 4) is 0 Å². The second-order valence-corrected chi connectivity index (χ2v) is 4.91. The van der Waals surface area contributed by atoms with Gasteiger partial charge in [0, 0.05) is 19.7 Å². The highest BCUT2D eigenvalue weighted by Crippen LogP contribution is 2.23. The predicted octanol–water partition coefficient (Wildman–Crippen LogP) is 1.50. The van der Waals surface area contributed by atoms with Crippen LogP contribution in [0.2, 0.25) is 0 Å². The van der Waals surface area contributed by atoms with E-state index in [1.165, 1.54) is 19.3 Å². The van der Waals surface area contributed by atoms with Crippen LogP contribution in [0.25, 0.3) is 0 Å². The molecule has 1 heterocycles. The smallest absolute Gasteiger partial charge is 0.0900 e. The Balaban J connectivity index is 2.42. The summed E-state index contributed by atoms with van der Waals surface area (Å²) in [7, 11) is 1.64. The Labute approximate surface area is 93.4 Å². The van der Waals surface area contributed by atoms with Crippen molar-refractivity contribution in [1.29, 1.82) is 0 Å². The zero-order valence-corrected chi connectivity index (χ0v) is 10.3. The zero-order valence-electron chi connectivity index (χ0n) is 10.3. The van der Waals surface area contributed by atoms with Crippen molar-refractivity contribution >= 4 is 0 Å². The molecule has 0 spiro atoms. The summed E-state index contributed by atoms with van der Waals surface area (Å²) in [6, 6.07) is 0.644. The van der Waals surface area contributed by atoms with Crippen LogP contribution in [0.1, 0.15) is 33.1 Å². The number of aliphatic hydroxyl groups is 1. The first kappa shape index (κ1) is 12.9. The quantitative estimate of drug-likeness (QED) is 0.754. The third kappa shape index (κ3) is 4.09. The van der Waals surface area contributed by atoms with E-state index in [0.29, 0.717) is 18.6 Å². The lowest BCUT2D eigenvalue weighted by atomic mass is 9.92. The van der Waals surface area contributed by atoms with Crippen molar-refractivity contribution in [3.05, 3.63) is 0 Å². The van der Waals surface area contributed by atoms with Crippen LogP contribution < -0.4 is 0 Å². The fraction of sp³-hybridized carbons (Fsp3) is 1.00. The lowest BCUT2D eigenvalue weighted by molar-refractivity contribution is 0.00962. The second-order valence-electron chi connectivity index (χ2n) is 4.91. The largest absolute Gasteiger partial charge is 0.389 e. The van der Waals surface area contributed by atoms with Gasteiger partial charge in [-0.25, -0.2) is 0 Å². The Morgan fingerprint density at radius 1 is 1.40 bits per heavy atom. The van der Waals surface area contributed by atoms with Crippen molar-refractivity contribution in [2.24, 2.45) is 5.92 Å². The van der Waals surface area contributed by atoms with Gasteiger partial charge in [-0.2, -0.15) is 0 Å². The molecule has 15 heavy (non-hydrogen) atoms. The van der Waals surface area contributed by atoms with E-state index in [0.717, 1.165) is 13.1 Å². The second kappa shape index (κ2) is 6.46. The number of aliphatic hydroxyl groups excluding tert-OH is 1. The standard InChI is InChI=1S/C12H25NO2/c1-10(2)12-6-4-5-7-13(12)8-11(14)9-15-3/h10-12,14H,4-9H2,1-3H3/t11-,12+/m1/s1. The van der Waals surface area contributed by atoms with E-state index < -0.39 is 0 Å². The molecule has 0 aromatic heterocycles. The van der Waals surface area contributed by atoms with Crippen LogP contribution in [0.15, 0.2) is 0 Å². The predicted molar refractivity (Wildman–Crippen MR) is 61.9 cm³/mol. The SMILES string of the molecule is COC[C@H](O)CN1CCCC[C@H]1C(C)C. The fourth-order valence-electron chi connectivity index (χ4n) is 2.51. The molecule has 1 fully saturated rings. The third-order valence-electron chi connectivity index (χ3n) is 3.24. The van der Waals surface area contributed by atoms with E-state index in [-0.39, 0.29) is 6.10 Å². The van der Waals surface area contributed by atoms with Gasteiger partial charge in [-0.1, -0.05) is 20.3 Å². The Bertz CT molecular complexity index is 173. The maximum Gasteiger partial charge on any atom is 0.0900 e. The van der Waals surface area contributed by atoms with Gasteiger partial charge in [0.05, 0.1) is 12.7 Å². The van der Waals surface area contributed by atoms with Crippen molar-refractivity contribution in [2.45, 2.75) is 45.3 Å². The van der Waals surface area contributed by atoms with Crippen LogP contribution in [0, 0.1) is 5.92 Å². The van der Waals surface area contributed by atoms with Crippen LogP contribution in [0.4, 0.5) is 0 Å². The molecule has 1 rings (SSSR count). The van der Waals surface area contributed by atoms with Crippen molar-refractivity contribution in [3.63, 3.8) is 0 Å². The van der Waals surface area contributed by atoms with Gasteiger partial charge in [0.1, 0.15) is 0 Å². The summed E-state index contributed by atoms with van der Waals surface area (Å²) in [4.78, 5) is 2.43. The average molecular weight is 215 g/mol. The van der Waals surface area contributed by atoms with Gasteiger partial charge >= 0.3 is 0 Å². The topological polar surface area (TPSA) is 32.7 Å². The van der Waals surface area contributed by atoms with Gasteiger partial charge in [-0.15, -0.1) is 0 Å². The molecular formula is C12H25NO2. The summed E-state index contributed by atoms with van der Waals surface area (Å²) in [6.07, 6.45) is 3.54. The molecule has 1 saturated heterocycles. The summed E-state index contributed by atoms with van der Waals surface area (Å²) in [5.41, 5.74) is 0. The molecule has 2 atom stereocenters. The third-order valence-corrected chi connectivity index (χ3v) is 3.24. The average Bonchev–Trinajstić information content (AvgIpc) is 2.18. The highest BCUT2D eigenvalue weighted by molar-refractivity contribution is 4.80. The normalized spacial score (nSPS) is 25.8. The number of rotatable bonds is 5. The minimum Gasteiger partial charge on any atom is -0.389 e. The molecule has 3 nitrogen and oxygen atoms in total. The monoisotopic (exact) mass is 215 g/mol. The van der Waals surface area contributed by atoms with E-state index >= 15 is 0 Å². The summed E-state index contributed by atoms with van der Waals surface area (Å²) in [5, 5.41) is 9.73. The lowest BCUT2D eigenvalue weighted by Crippen LogP contribution is -2.47. The molecule has 0 saturated carbocycles. The zero-order chi connectivity index (χ0) is 11.3. The summed E-state index contributed by atoms with van der Waals surface area (Å²) in [5.74, 6) is 0.681. The minimum atomic E-state index is -0.339. The van der Waals surface area contributed by atoms with Gasteiger partial charge in [0.15, 0.2) is 0 Å². The molecule has 1 N–H and O–H groups in total. The Kier molecular flexibility index (Phi) is 5.58. The highest BCUT2D eigenvalue weighted by atomic mass is 16.5. The molecular weight excluding hydrogens is 190 g/mol. The van der Waals surface area contributed by atoms with Crippen molar-refractivity contribution < 1.29 is 9.84 Å². The first-order chi connectivity index (χ1) is 7.15. The fourth-order valence-corrected chi connectivity index (χ4v) is 2.51. The van der Waals surface area contributed by atoms with Gasteiger partial charge in [0.2, 0.25) is 0 Å². The molecule has 0 aromatic carbocycles. The van der Waals surface area contributed by atoms with Gasteiger partial charge < -0.3 is 9.84 Å². The molecule has 0 amide bonds. The molecule has 1 aliphatic rings. The number of methoxy groups -OCH3 is 1. The van der Waals surface area contributed by atoms with Gasteiger partial charge in [0.25, 0.3) is 0 Å². The van der Waals surface area contributed by atoms with E-state index in [1.54, 1.807) is 7.11 Å². The molecule has 0 unspecified atom stereocenters. The lowest BCUT2D eigenvalue weighted by Gasteiger charge is -2.39. The minimum absolute atomic E-state index is 0.339. The highest BCUT2D eigenvalue weighted by Gasteiger charge is 2.26. The van der Waals surface area contributed by atoms with E-state index in [4.69, 9.17) is 4.74 Å². The molecule has 0 aromatic rings. The number of β-amino-alcohol motifs (C(OH)–C–C–N with tert-alkyl or cyclic N) is 1. The van der Waals surface area contributed by atoms with Crippen molar-refractivity contribution in [2.75, 3.05) is 26.8 Å². The number of hydrogen-bond acceptors (Lipinski definition) is 3. The maximum absolute atomic E-state index is 9.73. The van der Waals surface area contributed by atoms with Gasteiger partial charge in [-0.05, 0) is 25.3 Å². The summed E-state index contributed by atoms with van der Waals surface area (Å²) < 4.78 is 4.96. The van der Waals surface area contributed by atoms with Crippen LogP contribution in [-0.2, 0) is 4.74 Å². The van der Waals surface area contributed by atoms with Crippen molar-refractivity contribution in [1.82, 2.24) is 4.90 Å². The molecule has 90 valence electrons. The molecule has 0 bridgehead atoms. The number of piperidine rings is 1. The maximum atomic E-state index is 9.73. The first-order valence-electron chi connectivity index (χ1n) is 6.06. The molecule has 0 aliphatic carbocycles. The van der Waals surface area contributed by atoms with Crippen LogP contribution >= 0.6 is 0 Å². The summed E-state index contributed by atoms with van der Waals surface area (Å²) >= 11 is 0. The number of ether oxygens (including phenoxy) is 1. The molecule has 1 aliphatic heterocycles. The summed E-state index contributed by atoms with van der Waals surface area (Å²) in [6.45, 7) is 6.87. The van der Waals surface area contributed by atoms with E-state index in [1.807, 2.05) is 0 Å². The van der Waals surface area contributed by atoms with Crippen LogP contribution in [0.3, 0.4) is 0 Å². The number of nitrogens with zero attached hydrogens (tertiary/aromatic N) is 1. The Morgan fingerprint density at radius 2 is 2.13 bits per heavy atom.